The van der Waals surface area contributed by atoms with Gasteiger partial charge in [0.15, 0.2) is 11.2 Å². The van der Waals surface area contributed by atoms with Crippen LogP contribution in [0.2, 0.25) is 0 Å². The number of aromatic nitrogens is 7. The summed E-state index contributed by atoms with van der Waals surface area (Å²) in [6, 6.07) is 8.21. The molecule has 0 amide bonds. The number of methoxy groups -OCH3 is 1. The lowest BCUT2D eigenvalue weighted by Gasteiger charge is -2.11. The van der Waals surface area contributed by atoms with E-state index < -0.39 is 0 Å². The maximum atomic E-state index is 9.74. The zero-order chi connectivity index (χ0) is 21.2. The summed E-state index contributed by atoms with van der Waals surface area (Å²) in [5.41, 5.74) is 4.22. The van der Waals surface area contributed by atoms with Crippen LogP contribution in [0.4, 0.5) is 5.95 Å². The summed E-state index contributed by atoms with van der Waals surface area (Å²) in [7, 11) is 1.68. The Hall–Kier alpha value is -3.37. The van der Waals surface area contributed by atoms with Gasteiger partial charge >= 0.3 is 0 Å². The zero-order valence-electron chi connectivity index (χ0n) is 17.2. The molecule has 0 aliphatic heterocycles. The molecule has 3 aromatic heterocycles. The van der Waals surface area contributed by atoms with Crippen LogP contribution in [-0.4, -0.2) is 65.7 Å². The van der Waals surface area contributed by atoms with Gasteiger partial charge in [0.05, 0.1) is 37.3 Å². The molecule has 3 heterocycles. The van der Waals surface area contributed by atoms with Gasteiger partial charge in [-0.3, -0.25) is 4.68 Å². The van der Waals surface area contributed by atoms with Crippen molar-refractivity contribution in [3.63, 3.8) is 0 Å². The van der Waals surface area contributed by atoms with Crippen molar-refractivity contribution in [2.75, 3.05) is 19.0 Å². The van der Waals surface area contributed by atoms with E-state index in [2.05, 4.69) is 30.7 Å². The molecule has 2 N–H and O–H groups in total. The first kappa shape index (κ1) is 19.6. The molecule has 5 rings (SSSR count). The zero-order valence-corrected chi connectivity index (χ0v) is 17.2. The average Bonchev–Trinajstić information content (AvgIpc) is 3.52. The second-order valence-electron chi connectivity index (χ2n) is 7.74. The SMILES string of the molecule is COCCn1cc(-c2ccc(-n3nnc4cnc(N[C@@H]5CC[C@@H](O)C5)nc43)cc2)cn1. The molecule has 1 saturated carbocycles. The number of aliphatic hydroxyl groups is 1. The monoisotopic (exact) mass is 420 g/mol. The van der Waals surface area contributed by atoms with E-state index in [0.717, 1.165) is 36.2 Å². The second kappa shape index (κ2) is 8.40. The fourth-order valence-corrected chi connectivity index (χ4v) is 3.86. The number of aliphatic hydroxyl groups excluding tert-OH is 1. The number of anilines is 1. The van der Waals surface area contributed by atoms with Crippen molar-refractivity contribution in [2.24, 2.45) is 0 Å². The molecule has 1 aliphatic carbocycles. The van der Waals surface area contributed by atoms with Crippen molar-refractivity contribution in [2.45, 2.75) is 38.0 Å². The van der Waals surface area contributed by atoms with E-state index >= 15 is 0 Å². The Morgan fingerprint density at radius 3 is 2.81 bits per heavy atom. The minimum absolute atomic E-state index is 0.181. The molecule has 0 radical (unpaired) electrons. The Morgan fingerprint density at radius 1 is 1.16 bits per heavy atom. The normalized spacial score (nSPS) is 18.6. The molecule has 0 unspecified atom stereocenters. The second-order valence-corrected chi connectivity index (χ2v) is 7.74. The first-order chi connectivity index (χ1) is 15.2. The molecule has 160 valence electrons. The van der Waals surface area contributed by atoms with Crippen molar-refractivity contribution in [1.29, 1.82) is 0 Å². The molecule has 1 fully saturated rings. The van der Waals surface area contributed by atoms with E-state index in [4.69, 9.17) is 4.74 Å². The first-order valence-electron chi connectivity index (χ1n) is 10.3. The van der Waals surface area contributed by atoms with Gasteiger partial charge < -0.3 is 15.2 Å². The number of fused-ring (bicyclic) bond motifs is 1. The van der Waals surface area contributed by atoms with E-state index in [9.17, 15) is 5.11 Å². The van der Waals surface area contributed by atoms with Crippen molar-refractivity contribution in [3.8, 4) is 16.8 Å². The predicted molar refractivity (Wildman–Crippen MR) is 115 cm³/mol. The summed E-state index contributed by atoms with van der Waals surface area (Å²) in [5, 5.41) is 25.9. The molecular weight excluding hydrogens is 396 g/mol. The van der Waals surface area contributed by atoms with E-state index in [1.54, 1.807) is 18.0 Å². The summed E-state index contributed by atoms with van der Waals surface area (Å²) in [6.45, 7) is 1.34. The van der Waals surface area contributed by atoms with Gasteiger partial charge in [0.2, 0.25) is 5.95 Å². The maximum absolute atomic E-state index is 9.74. The number of rotatable bonds is 7. The molecule has 0 bridgehead atoms. The highest BCUT2D eigenvalue weighted by Crippen LogP contribution is 2.24. The van der Waals surface area contributed by atoms with Gasteiger partial charge in [-0.1, -0.05) is 17.3 Å². The summed E-state index contributed by atoms with van der Waals surface area (Å²) < 4.78 is 8.67. The Labute approximate surface area is 178 Å². The summed E-state index contributed by atoms with van der Waals surface area (Å²) >= 11 is 0. The lowest BCUT2D eigenvalue weighted by Crippen LogP contribution is -2.18. The highest BCUT2D eigenvalue weighted by molar-refractivity contribution is 5.72. The minimum atomic E-state index is -0.251. The van der Waals surface area contributed by atoms with Crippen LogP contribution in [0.15, 0.2) is 42.9 Å². The highest BCUT2D eigenvalue weighted by atomic mass is 16.5. The Balaban J connectivity index is 1.37. The standard InChI is InChI=1S/C21H24N8O2/c1-31-9-8-28-13-15(11-23-28)14-2-5-17(6-3-14)29-20-19(26-27-29)12-22-21(25-20)24-16-4-7-18(30)10-16/h2-3,5-6,11-13,16,18,30H,4,7-10H2,1H3,(H,22,24,25)/t16-,18-/m1/s1. The van der Waals surface area contributed by atoms with Crippen LogP contribution in [0.3, 0.4) is 0 Å². The molecule has 10 nitrogen and oxygen atoms in total. The van der Waals surface area contributed by atoms with Gasteiger partial charge in [0.1, 0.15) is 0 Å². The van der Waals surface area contributed by atoms with Crippen molar-refractivity contribution >= 4 is 17.1 Å². The van der Waals surface area contributed by atoms with Gasteiger partial charge in [0.25, 0.3) is 0 Å². The maximum Gasteiger partial charge on any atom is 0.225 e. The van der Waals surface area contributed by atoms with E-state index in [1.165, 1.54) is 0 Å². The van der Waals surface area contributed by atoms with Crippen LogP contribution in [0, 0.1) is 0 Å². The number of hydrogen-bond acceptors (Lipinski definition) is 8. The summed E-state index contributed by atoms with van der Waals surface area (Å²) in [5.74, 6) is 0.523. The van der Waals surface area contributed by atoms with Gasteiger partial charge in [-0.25, -0.2) is 4.98 Å². The Kier molecular flexibility index (Phi) is 5.31. The van der Waals surface area contributed by atoms with Gasteiger partial charge in [-0.15, -0.1) is 5.10 Å². The van der Waals surface area contributed by atoms with Crippen LogP contribution in [0.5, 0.6) is 0 Å². The van der Waals surface area contributed by atoms with Crippen LogP contribution in [-0.2, 0) is 11.3 Å². The van der Waals surface area contributed by atoms with Gasteiger partial charge in [-0.2, -0.15) is 14.8 Å². The molecule has 31 heavy (non-hydrogen) atoms. The average molecular weight is 420 g/mol. The largest absolute Gasteiger partial charge is 0.393 e. The smallest absolute Gasteiger partial charge is 0.225 e. The molecule has 2 atom stereocenters. The van der Waals surface area contributed by atoms with Crippen molar-refractivity contribution in [1.82, 2.24) is 34.7 Å². The first-order valence-corrected chi connectivity index (χ1v) is 10.3. The Morgan fingerprint density at radius 2 is 2.03 bits per heavy atom. The molecule has 1 aromatic carbocycles. The lowest BCUT2D eigenvalue weighted by atomic mass is 10.1. The van der Waals surface area contributed by atoms with Gasteiger partial charge in [0, 0.05) is 24.9 Å². The van der Waals surface area contributed by atoms with E-state index in [-0.39, 0.29) is 12.1 Å². The predicted octanol–water partition coefficient (Wildman–Crippen LogP) is 2.05. The molecule has 1 aliphatic rings. The number of benzene rings is 1. The van der Waals surface area contributed by atoms with E-state index in [1.807, 2.05) is 41.3 Å². The number of hydrogen-bond donors (Lipinski definition) is 2. The minimum Gasteiger partial charge on any atom is -0.393 e. The van der Waals surface area contributed by atoms with E-state index in [0.29, 0.717) is 30.1 Å². The van der Waals surface area contributed by atoms with Crippen LogP contribution < -0.4 is 5.32 Å². The molecular formula is C21H24N8O2. The third kappa shape index (κ3) is 4.12. The quantitative estimate of drug-likeness (QED) is 0.467. The number of nitrogens with one attached hydrogen (secondary N) is 1. The third-order valence-electron chi connectivity index (χ3n) is 5.53. The fourth-order valence-electron chi connectivity index (χ4n) is 3.86. The Bertz CT molecular complexity index is 1170. The highest BCUT2D eigenvalue weighted by Gasteiger charge is 2.23. The van der Waals surface area contributed by atoms with Crippen molar-refractivity contribution in [3.05, 3.63) is 42.9 Å². The van der Waals surface area contributed by atoms with Crippen LogP contribution in [0.1, 0.15) is 19.3 Å². The molecule has 10 heteroatoms. The number of nitrogens with zero attached hydrogens (tertiary/aromatic N) is 7. The topological polar surface area (TPSA) is 116 Å². The summed E-state index contributed by atoms with van der Waals surface area (Å²) in [4.78, 5) is 8.96. The van der Waals surface area contributed by atoms with Crippen LogP contribution >= 0.6 is 0 Å². The molecule has 4 aromatic rings. The fraction of sp³-hybridized carbons (Fsp3) is 0.381. The molecule has 0 spiro atoms. The lowest BCUT2D eigenvalue weighted by molar-refractivity contribution is 0.182. The van der Waals surface area contributed by atoms with Crippen LogP contribution in [0.25, 0.3) is 28.0 Å². The van der Waals surface area contributed by atoms with Crippen molar-refractivity contribution < 1.29 is 9.84 Å². The van der Waals surface area contributed by atoms with Gasteiger partial charge in [-0.05, 0) is 37.0 Å². The number of ether oxygens (including phenoxy) is 1. The summed E-state index contributed by atoms with van der Waals surface area (Å²) in [6.07, 6.45) is 7.69. The molecule has 0 saturated heterocycles. The third-order valence-corrected chi connectivity index (χ3v) is 5.53.